The van der Waals surface area contributed by atoms with Crippen LogP contribution in [0.1, 0.15) is 51.9 Å². The SMILES string of the molecule is CC(C)(C)NC(=O)[C@@H](c1cccs1)N(C(=O)c1snc(C(N)=O)c1N)c1ccc2c(c1)OCO2. The highest BCUT2D eigenvalue weighted by atomic mass is 32.1. The molecule has 0 saturated heterocycles. The molecule has 0 bridgehead atoms. The number of rotatable bonds is 6. The van der Waals surface area contributed by atoms with Crippen LogP contribution < -0.4 is 31.2 Å². The molecule has 5 N–H and O–H groups in total. The summed E-state index contributed by atoms with van der Waals surface area (Å²) < 4.78 is 14.8. The van der Waals surface area contributed by atoms with Crippen molar-refractivity contribution in [2.75, 3.05) is 17.4 Å². The van der Waals surface area contributed by atoms with Crippen LogP contribution in [0.25, 0.3) is 0 Å². The van der Waals surface area contributed by atoms with Gasteiger partial charge in [0.05, 0.1) is 5.69 Å². The van der Waals surface area contributed by atoms with Crippen molar-refractivity contribution in [2.45, 2.75) is 32.4 Å². The highest BCUT2D eigenvalue weighted by molar-refractivity contribution is 7.10. The van der Waals surface area contributed by atoms with Gasteiger partial charge in [0.1, 0.15) is 4.88 Å². The van der Waals surface area contributed by atoms with Crippen molar-refractivity contribution in [3.63, 3.8) is 0 Å². The Morgan fingerprint density at radius 1 is 1.18 bits per heavy atom. The van der Waals surface area contributed by atoms with Gasteiger partial charge in [0.15, 0.2) is 23.2 Å². The predicted molar refractivity (Wildman–Crippen MR) is 129 cm³/mol. The fourth-order valence-corrected chi connectivity index (χ4v) is 4.97. The lowest BCUT2D eigenvalue weighted by atomic mass is 10.1. The first-order chi connectivity index (χ1) is 16.1. The average Bonchev–Trinajstić information content (AvgIpc) is 3.50. The Balaban J connectivity index is 1.88. The molecule has 1 aromatic carbocycles. The number of benzene rings is 1. The van der Waals surface area contributed by atoms with E-state index in [-0.39, 0.29) is 29.0 Å². The molecule has 1 atom stereocenters. The lowest BCUT2D eigenvalue weighted by Crippen LogP contribution is -2.49. The third-order valence-electron chi connectivity index (χ3n) is 4.83. The van der Waals surface area contributed by atoms with Crippen LogP contribution in [0.3, 0.4) is 0 Å². The van der Waals surface area contributed by atoms with E-state index in [0.717, 1.165) is 11.5 Å². The number of ether oxygens (including phenoxy) is 2. The third-order valence-corrected chi connectivity index (χ3v) is 6.60. The van der Waals surface area contributed by atoms with Crippen molar-refractivity contribution >= 4 is 52.0 Å². The summed E-state index contributed by atoms with van der Waals surface area (Å²) in [7, 11) is 0. The normalized spacial score (nSPS) is 13.4. The number of fused-ring (bicyclic) bond motifs is 1. The summed E-state index contributed by atoms with van der Waals surface area (Å²) in [5.41, 5.74) is 10.9. The van der Waals surface area contributed by atoms with Crippen molar-refractivity contribution < 1.29 is 23.9 Å². The molecule has 3 amide bonds. The monoisotopic (exact) mass is 501 g/mol. The number of hydrogen-bond donors (Lipinski definition) is 3. The van der Waals surface area contributed by atoms with Crippen LogP contribution in [0.15, 0.2) is 35.7 Å². The van der Waals surface area contributed by atoms with Crippen LogP contribution >= 0.6 is 22.9 Å². The minimum atomic E-state index is -1.04. The van der Waals surface area contributed by atoms with E-state index in [2.05, 4.69) is 9.69 Å². The largest absolute Gasteiger partial charge is 0.454 e. The van der Waals surface area contributed by atoms with E-state index in [1.807, 2.05) is 26.2 Å². The molecule has 178 valence electrons. The lowest BCUT2D eigenvalue weighted by molar-refractivity contribution is -0.123. The number of nitrogens with zero attached hydrogens (tertiary/aromatic N) is 2. The minimum Gasteiger partial charge on any atom is -0.454 e. The molecule has 12 heteroatoms. The summed E-state index contributed by atoms with van der Waals surface area (Å²) in [6.45, 7) is 5.60. The number of nitrogen functional groups attached to an aromatic ring is 1. The molecule has 4 rings (SSSR count). The Hall–Kier alpha value is -3.64. The Morgan fingerprint density at radius 2 is 1.91 bits per heavy atom. The maximum Gasteiger partial charge on any atom is 0.273 e. The summed E-state index contributed by atoms with van der Waals surface area (Å²) in [4.78, 5) is 41.1. The second-order valence-corrected chi connectivity index (χ2v) is 10.3. The van der Waals surface area contributed by atoms with Gasteiger partial charge in [0, 0.05) is 22.2 Å². The number of nitrogens with two attached hydrogens (primary N) is 2. The molecule has 10 nitrogen and oxygen atoms in total. The Labute approximate surface area is 203 Å². The summed E-state index contributed by atoms with van der Waals surface area (Å²) in [6.07, 6.45) is 0. The number of anilines is 2. The van der Waals surface area contributed by atoms with Gasteiger partial charge >= 0.3 is 0 Å². The summed E-state index contributed by atoms with van der Waals surface area (Å²) in [5.74, 6) is -0.881. The Kier molecular flexibility index (Phi) is 6.19. The van der Waals surface area contributed by atoms with Crippen molar-refractivity contribution in [1.82, 2.24) is 9.69 Å². The zero-order chi connectivity index (χ0) is 24.6. The molecule has 2 aromatic heterocycles. The van der Waals surface area contributed by atoms with Crippen molar-refractivity contribution in [3.05, 3.63) is 51.2 Å². The first-order valence-electron chi connectivity index (χ1n) is 10.2. The molecule has 0 fully saturated rings. The summed E-state index contributed by atoms with van der Waals surface area (Å²) in [6, 6.07) is 7.48. The molecular weight excluding hydrogens is 478 g/mol. The number of aromatic nitrogens is 1. The molecule has 0 aliphatic carbocycles. The van der Waals surface area contributed by atoms with Gasteiger partial charge in [-0.1, -0.05) is 6.07 Å². The standard InChI is InChI=1S/C22H23N5O5S2/c1-22(2,3)25-20(29)17(14-5-4-8-33-14)27(11-6-7-12-13(9-11)32-10-31-12)21(30)18-15(23)16(19(24)28)26-34-18/h4-9,17H,10,23H2,1-3H3,(H2,24,28)(H,25,29)/t17-/m1/s1. The fourth-order valence-electron chi connectivity index (χ4n) is 3.42. The van der Waals surface area contributed by atoms with Crippen molar-refractivity contribution in [3.8, 4) is 11.5 Å². The first kappa shape index (κ1) is 23.5. The summed E-state index contributed by atoms with van der Waals surface area (Å²) in [5, 5.41) is 4.78. The van der Waals surface area contributed by atoms with E-state index in [1.54, 1.807) is 30.3 Å². The van der Waals surface area contributed by atoms with E-state index in [4.69, 9.17) is 20.9 Å². The molecule has 0 saturated carbocycles. The Morgan fingerprint density at radius 3 is 2.53 bits per heavy atom. The van der Waals surface area contributed by atoms with Crippen molar-refractivity contribution in [2.24, 2.45) is 5.73 Å². The van der Waals surface area contributed by atoms with Gasteiger partial charge in [-0.05, 0) is 55.9 Å². The molecule has 1 aliphatic rings. The van der Waals surface area contributed by atoms with Gasteiger partial charge in [-0.3, -0.25) is 19.3 Å². The molecule has 34 heavy (non-hydrogen) atoms. The van der Waals surface area contributed by atoms with Gasteiger partial charge < -0.3 is 26.3 Å². The van der Waals surface area contributed by atoms with E-state index >= 15 is 0 Å². The number of carbonyl (C=O) groups is 3. The first-order valence-corrected chi connectivity index (χ1v) is 11.9. The fraction of sp³-hybridized carbons (Fsp3) is 0.273. The maximum atomic E-state index is 13.9. The molecular formula is C22H23N5O5S2. The molecule has 3 heterocycles. The molecule has 0 unspecified atom stereocenters. The number of hydrogen-bond acceptors (Lipinski definition) is 9. The summed E-state index contributed by atoms with van der Waals surface area (Å²) >= 11 is 2.08. The van der Waals surface area contributed by atoms with Gasteiger partial charge in [0.2, 0.25) is 12.7 Å². The predicted octanol–water partition coefficient (Wildman–Crippen LogP) is 2.92. The zero-order valence-corrected chi connectivity index (χ0v) is 20.3. The van der Waals surface area contributed by atoms with Crippen LogP contribution in [-0.4, -0.2) is 34.4 Å². The quantitative estimate of drug-likeness (QED) is 0.470. The maximum absolute atomic E-state index is 13.9. The molecule has 1 aliphatic heterocycles. The zero-order valence-electron chi connectivity index (χ0n) is 18.7. The second-order valence-electron chi connectivity index (χ2n) is 8.51. The number of thiophene rings is 1. The minimum absolute atomic E-state index is 0.00317. The van der Waals surface area contributed by atoms with Crippen LogP contribution in [0, 0.1) is 0 Å². The number of amides is 3. The van der Waals surface area contributed by atoms with Gasteiger partial charge in [-0.25, -0.2) is 0 Å². The smallest absolute Gasteiger partial charge is 0.273 e. The highest BCUT2D eigenvalue weighted by Crippen LogP contribution is 2.40. The van der Waals surface area contributed by atoms with Crippen LogP contribution in [0.4, 0.5) is 11.4 Å². The van der Waals surface area contributed by atoms with Gasteiger partial charge in [0.25, 0.3) is 11.8 Å². The van der Waals surface area contributed by atoms with Crippen molar-refractivity contribution in [1.29, 1.82) is 0 Å². The highest BCUT2D eigenvalue weighted by Gasteiger charge is 2.38. The number of primary amides is 1. The van der Waals surface area contributed by atoms with Crippen LogP contribution in [-0.2, 0) is 4.79 Å². The van der Waals surface area contributed by atoms with Gasteiger partial charge in [-0.2, -0.15) is 4.37 Å². The van der Waals surface area contributed by atoms with E-state index in [9.17, 15) is 14.4 Å². The topological polar surface area (TPSA) is 150 Å². The average molecular weight is 502 g/mol. The van der Waals surface area contributed by atoms with Gasteiger partial charge in [-0.15, -0.1) is 11.3 Å². The molecule has 0 spiro atoms. The van der Waals surface area contributed by atoms with Crippen LogP contribution in [0.5, 0.6) is 11.5 Å². The lowest BCUT2D eigenvalue weighted by Gasteiger charge is -2.33. The number of carbonyl (C=O) groups excluding carboxylic acids is 3. The molecule has 0 radical (unpaired) electrons. The van der Waals surface area contributed by atoms with E-state index < -0.39 is 23.4 Å². The molecule has 3 aromatic rings. The second kappa shape index (κ2) is 8.95. The van der Waals surface area contributed by atoms with Crippen LogP contribution in [0.2, 0.25) is 0 Å². The van der Waals surface area contributed by atoms with E-state index in [0.29, 0.717) is 22.1 Å². The third kappa shape index (κ3) is 4.54. The Bertz CT molecular complexity index is 1250. The number of nitrogens with one attached hydrogen (secondary N) is 1. The van der Waals surface area contributed by atoms with E-state index in [1.165, 1.54) is 16.2 Å².